The molecule has 0 aliphatic carbocycles. The topological polar surface area (TPSA) is 120 Å². The minimum absolute atomic E-state index is 0.00207. The van der Waals surface area contributed by atoms with Crippen molar-refractivity contribution in [1.82, 2.24) is 20.2 Å². The first-order valence-electron chi connectivity index (χ1n) is 10.1. The van der Waals surface area contributed by atoms with Gasteiger partial charge in [0.15, 0.2) is 0 Å². The van der Waals surface area contributed by atoms with Crippen molar-refractivity contribution in [3.05, 3.63) is 42.2 Å². The van der Waals surface area contributed by atoms with E-state index in [0.29, 0.717) is 43.5 Å². The van der Waals surface area contributed by atoms with Crippen molar-refractivity contribution in [2.45, 2.75) is 20.3 Å². The van der Waals surface area contributed by atoms with Crippen LogP contribution in [-0.4, -0.2) is 65.4 Å². The van der Waals surface area contributed by atoms with Gasteiger partial charge in [-0.2, -0.15) is 0 Å². The minimum Gasteiger partial charge on any atom is -0.339 e. The van der Waals surface area contributed by atoms with Crippen molar-refractivity contribution in [2.24, 2.45) is 0 Å². The maximum absolute atomic E-state index is 12.4. The molecule has 1 saturated heterocycles. The van der Waals surface area contributed by atoms with E-state index in [-0.39, 0.29) is 24.8 Å². The summed E-state index contributed by atoms with van der Waals surface area (Å²) in [6.45, 7) is 6.05. The molecule has 10 nitrogen and oxygen atoms in total. The van der Waals surface area contributed by atoms with Crippen molar-refractivity contribution in [3.8, 4) is 0 Å². The lowest BCUT2D eigenvalue weighted by Gasteiger charge is -2.34. The van der Waals surface area contributed by atoms with Gasteiger partial charge in [0, 0.05) is 69.8 Å². The first-order valence-corrected chi connectivity index (χ1v) is 10.1. The van der Waals surface area contributed by atoms with E-state index in [0.717, 1.165) is 5.56 Å². The number of nitrogens with zero attached hydrogens (tertiary/aromatic N) is 4. The van der Waals surface area contributed by atoms with Crippen LogP contribution >= 0.6 is 0 Å². The second kappa shape index (κ2) is 10.4. The first kappa shape index (κ1) is 22.0. The zero-order valence-electron chi connectivity index (χ0n) is 17.7. The lowest BCUT2D eigenvalue weighted by atomic mass is 10.2. The van der Waals surface area contributed by atoms with Crippen LogP contribution in [0.2, 0.25) is 0 Å². The van der Waals surface area contributed by atoms with Crippen LogP contribution in [0.5, 0.6) is 0 Å². The summed E-state index contributed by atoms with van der Waals surface area (Å²) in [5, 5.41) is 8.14. The number of aryl methyl sites for hydroxylation is 1. The number of benzene rings is 1. The van der Waals surface area contributed by atoms with Crippen molar-refractivity contribution >= 4 is 35.2 Å². The number of amides is 4. The highest BCUT2D eigenvalue weighted by Crippen LogP contribution is 2.20. The molecule has 1 aliphatic rings. The largest absolute Gasteiger partial charge is 0.339 e. The molecule has 1 fully saturated rings. The van der Waals surface area contributed by atoms with Crippen molar-refractivity contribution in [2.75, 3.05) is 48.3 Å². The first-order chi connectivity index (χ1) is 14.9. The average molecular weight is 425 g/mol. The number of hydrogen-bond donors (Lipinski definition) is 3. The van der Waals surface area contributed by atoms with E-state index in [2.05, 4.69) is 25.9 Å². The third-order valence-corrected chi connectivity index (χ3v) is 4.90. The average Bonchev–Trinajstić information content (AvgIpc) is 2.76. The molecule has 3 rings (SSSR count). The van der Waals surface area contributed by atoms with E-state index < -0.39 is 6.03 Å². The number of urea groups is 1. The molecular formula is C21H27N7O3. The van der Waals surface area contributed by atoms with Crippen LogP contribution in [0, 0.1) is 6.92 Å². The Balaban J connectivity index is 1.41. The molecule has 10 heteroatoms. The number of nitrogens with one attached hydrogen (secondary N) is 3. The molecular weight excluding hydrogens is 398 g/mol. The highest BCUT2D eigenvalue weighted by Gasteiger charge is 2.22. The van der Waals surface area contributed by atoms with E-state index >= 15 is 0 Å². The molecule has 1 aromatic carbocycles. The third kappa shape index (κ3) is 6.39. The van der Waals surface area contributed by atoms with Gasteiger partial charge < -0.3 is 25.8 Å². The van der Waals surface area contributed by atoms with E-state index in [1.807, 2.05) is 17.9 Å². The van der Waals surface area contributed by atoms with Crippen LogP contribution in [0.25, 0.3) is 0 Å². The van der Waals surface area contributed by atoms with Gasteiger partial charge in [-0.15, -0.1) is 0 Å². The Kier molecular flexibility index (Phi) is 7.36. The quantitative estimate of drug-likeness (QED) is 0.647. The van der Waals surface area contributed by atoms with Crippen LogP contribution in [0.4, 0.5) is 22.1 Å². The van der Waals surface area contributed by atoms with Crippen molar-refractivity contribution in [3.63, 3.8) is 0 Å². The van der Waals surface area contributed by atoms with Crippen molar-refractivity contribution < 1.29 is 14.4 Å². The lowest BCUT2D eigenvalue weighted by Crippen LogP contribution is -2.49. The summed E-state index contributed by atoms with van der Waals surface area (Å²) < 4.78 is 0. The van der Waals surface area contributed by atoms with E-state index in [1.54, 1.807) is 35.5 Å². The van der Waals surface area contributed by atoms with Crippen LogP contribution < -0.4 is 20.9 Å². The van der Waals surface area contributed by atoms with E-state index in [4.69, 9.17) is 0 Å². The Hall–Kier alpha value is -3.69. The Morgan fingerprint density at radius 3 is 2.42 bits per heavy atom. The fourth-order valence-electron chi connectivity index (χ4n) is 3.26. The summed E-state index contributed by atoms with van der Waals surface area (Å²) in [4.78, 5) is 48.2. The number of rotatable bonds is 6. The second-order valence-electron chi connectivity index (χ2n) is 7.26. The summed E-state index contributed by atoms with van der Waals surface area (Å²) >= 11 is 0. The van der Waals surface area contributed by atoms with Gasteiger partial charge in [-0.1, -0.05) is 6.07 Å². The fourth-order valence-corrected chi connectivity index (χ4v) is 3.26. The Bertz CT molecular complexity index is 928. The molecule has 0 saturated carbocycles. The minimum atomic E-state index is -0.401. The van der Waals surface area contributed by atoms with Gasteiger partial charge in [0.25, 0.3) is 0 Å². The predicted octanol–water partition coefficient (Wildman–Crippen LogP) is 1.60. The summed E-state index contributed by atoms with van der Waals surface area (Å²) in [7, 11) is 0. The van der Waals surface area contributed by atoms with Gasteiger partial charge in [-0.05, 0) is 30.7 Å². The maximum Gasteiger partial charge on any atom is 0.319 e. The van der Waals surface area contributed by atoms with Gasteiger partial charge in [-0.3, -0.25) is 9.59 Å². The molecule has 0 radical (unpaired) electrons. The van der Waals surface area contributed by atoms with E-state index in [1.165, 1.54) is 6.92 Å². The summed E-state index contributed by atoms with van der Waals surface area (Å²) in [6, 6.07) is 6.64. The zero-order valence-corrected chi connectivity index (χ0v) is 17.7. The lowest BCUT2D eigenvalue weighted by molar-refractivity contribution is -0.131. The van der Waals surface area contributed by atoms with Gasteiger partial charge in [-0.25, -0.2) is 14.8 Å². The SMILES string of the molecule is CC(=O)Nc1ccc(C)c(NC(=O)NCCC(=O)N2CCN(c3ncccn3)CC2)c1. The molecule has 31 heavy (non-hydrogen) atoms. The normalized spacial score (nSPS) is 13.5. The molecule has 0 unspecified atom stereocenters. The highest BCUT2D eigenvalue weighted by atomic mass is 16.2. The van der Waals surface area contributed by atoms with Gasteiger partial charge >= 0.3 is 6.03 Å². The summed E-state index contributed by atoms with van der Waals surface area (Å²) in [5.41, 5.74) is 2.05. The smallest absolute Gasteiger partial charge is 0.319 e. The standard InChI is InChI=1S/C21H27N7O3/c1-15-4-5-17(25-16(2)29)14-18(15)26-21(31)24-9-6-19(30)27-10-12-28(13-11-27)20-22-7-3-8-23-20/h3-5,7-8,14H,6,9-13H2,1-2H3,(H,25,29)(H2,24,26,31). The monoisotopic (exact) mass is 425 g/mol. The maximum atomic E-state index is 12.4. The number of carbonyl (C=O) groups is 3. The van der Waals surface area contributed by atoms with Gasteiger partial charge in [0.1, 0.15) is 0 Å². The molecule has 0 bridgehead atoms. The molecule has 1 aromatic heterocycles. The van der Waals surface area contributed by atoms with Crippen LogP contribution in [-0.2, 0) is 9.59 Å². The van der Waals surface area contributed by atoms with Crippen LogP contribution in [0.1, 0.15) is 18.9 Å². The van der Waals surface area contributed by atoms with Crippen LogP contribution in [0.3, 0.4) is 0 Å². The highest BCUT2D eigenvalue weighted by molar-refractivity contribution is 5.93. The molecule has 0 spiro atoms. The number of anilines is 3. The van der Waals surface area contributed by atoms with Crippen molar-refractivity contribution in [1.29, 1.82) is 0 Å². The van der Waals surface area contributed by atoms with Crippen LogP contribution in [0.15, 0.2) is 36.7 Å². The number of piperazine rings is 1. The Morgan fingerprint density at radius 1 is 1.03 bits per heavy atom. The number of hydrogen-bond acceptors (Lipinski definition) is 6. The zero-order chi connectivity index (χ0) is 22.2. The third-order valence-electron chi connectivity index (χ3n) is 4.90. The molecule has 1 aliphatic heterocycles. The molecule has 2 heterocycles. The number of aromatic nitrogens is 2. The molecule has 2 aromatic rings. The molecule has 3 N–H and O–H groups in total. The molecule has 164 valence electrons. The Labute approximate surface area is 181 Å². The fraction of sp³-hybridized carbons (Fsp3) is 0.381. The van der Waals surface area contributed by atoms with Gasteiger partial charge in [0.2, 0.25) is 17.8 Å². The second-order valence-corrected chi connectivity index (χ2v) is 7.26. The molecule has 0 atom stereocenters. The van der Waals surface area contributed by atoms with E-state index in [9.17, 15) is 14.4 Å². The Morgan fingerprint density at radius 2 is 1.74 bits per heavy atom. The summed E-state index contributed by atoms with van der Waals surface area (Å²) in [5.74, 6) is 0.485. The summed E-state index contributed by atoms with van der Waals surface area (Å²) in [6.07, 6.45) is 3.63. The predicted molar refractivity (Wildman–Crippen MR) is 118 cm³/mol. The number of carbonyl (C=O) groups excluding carboxylic acids is 3. The molecule has 4 amide bonds. The van der Waals surface area contributed by atoms with Gasteiger partial charge in [0.05, 0.1) is 0 Å².